The highest BCUT2D eigenvalue weighted by Gasteiger charge is 2.39. The molecule has 16 heteroatoms. The molecule has 0 spiro atoms. The Hall–Kier alpha value is -4.11. The second-order valence-corrected chi connectivity index (χ2v) is 7.83. The first kappa shape index (κ1) is 25.0. The first-order chi connectivity index (χ1) is 17.0. The second-order valence-electron chi connectivity index (χ2n) is 7.39. The zero-order chi connectivity index (χ0) is 26.2. The summed E-state index contributed by atoms with van der Waals surface area (Å²) in [7, 11) is 0. The molecule has 0 fully saturated rings. The van der Waals surface area contributed by atoms with Crippen LogP contribution in [0.4, 0.5) is 17.6 Å². The van der Waals surface area contributed by atoms with E-state index >= 15 is 0 Å². The van der Waals surface area contributed by atoms with Crippen molar-refractivity contribution in [3.63, 3.8) is 0 Å². The summed E-state index contributed by atoms with van der Waals surface area (Å²) in [5.41, 5.74) is 4.32. The summed E-state index contributed by atoms with van der Waals surface area (Å²) in [5.74, 6) is -2.78. The summed E-state index contributed by atoms with van der Waals surface area (Å²) in [6.07, 6.45) is -5.74. The molecule has 4 rings (SSSR count). The molecule has 0 bridgehead atoms. The molecule has 36 heavy (non-hydrogen) atoms. The van der Waals surface area contributed by atoms with Crippen molar-refractivity contribution in [2.24, 2.45) is 5.73 Å². The van der Waals surface area contributed by atoms with Crippen LogP contribution in [0.3, 0.4) is 0 Å². The van der Waals surface area contributed by atoms with Crippen molar-refractivity contribution in [1.29, 1.82) is 0 Å². The van der Waals surface area contributed by atoms with E-state index in [1.165, 1.54) is 36.5 Å². The van der Waals surface area contributed by atoms with Crippen LogP contribution in [0.2, 0.25) is 5.02 Å². The number of aliphatic hydroxyl groups is 1. The van der Waals surface area contributed by atoms with Crippen molar-refractivity contribution < 1.29 is 27.5 Å². The first-order valence-electron chi connectivity index (χ1n) is 9.99. The summed E-state index contributed by atoms with van der Waals surface area (Å²) >= 11 is 5.86. The summed E-state index contributed by atoms with van der Waals surface area (Å²) in [5, 5.41) is 18.0. The number of hydrogen-bond acceptors (Lipinski definition) is 7. The zero-order valence-corrected chi connectivity index (χ0v) is 18.7. The van der Waals surface area contributed by atoms with Gasteiger partial charge < -0.3 is 10.8 Å². The lowest BCUT2D eigenvalue weighted by atomic mass is 10.2. The zero-order valence-electron chi connectivity index (χ0n) is 17.9. The minimum absolute atomic E-state index is 0.199. The van der Waals surface area contributed by atoms with Crippen molar-refractivity contribution >= 4 is 17.5 Å². The van der Waals surface area contributed by atoms with Gasteiger partial charge in [-0.05, 0) is 30.3 Å². The van der Waals surface area contributed by atoms with Gasteiger partial charge in [-0.3, -0.25) is 14.3 Å². The molecule has 1 aromatic carbocycles. The van der Waals surface area contributed by atoms with Gasteiger partial charge >= 0.3 is 11.9 Å². The number of nitrogens with two attached hydrogens (primary N) is 1. The molecular formula is C20H15ClF4N8O3. The molecule has 188 valence electrons. The highest BCUT2D eigenvalue weighted by molar-refractivity contribution is 6.30. The number of aromatic nitrogens is 7. The Morgan fingerprint density at radius 3 is 2.47 bits per heavy atom. The van der Waals surface area contributed by atoms with Crippen molar-refractivity contribution in [1.82, 2.24) is 34.1 Å². The minimum Gasteiger partial charge on any atom is -0.382 e. The van der Waals surface area contributed by atoms with Crippen molar-refractivity contribution in [3.8, 4) is 17.1 Å². The number of amides is 1. The fourth-order valence-corrected chi connectivity index (χ4v) is 3.35. The van der Waals surface area contributed by atoms with Gasteiger partial charge in [-0.25, -0.2) is 23.5 Å². The van der Waals surface area contributed by atoms with E-state index in [0.717, 1.165) is 15.6 Å². The molecule has 1 atom stereocenters. The number of primary amides is 1. The lowest BCUT2D eigenvalue weighted by Gasteiger charge is -2.15. The van der Waals surface area contributed by atoms with Gasteiger partial charge in [0, 0.05) is 16.8 Å². The normalized spacial score (nSPS) is 12.6. The highest BCUT2D eigenvalue weighted by Crippen LogP contribution is 2.24. The molecule has 0 radical (unpaired) electrons. The predicted molar refractivity (Wildman–Crippen MR) is 116 cm³/mol. The lowest BCUT2D eigenvalue weighted by molar-refractivity contribution is -0.207. The molecule has 4 aromatic rings. The summed E-state index contributed by atoms with van der Waals surface area (Å²) in [6, 6.07) is 6.94. The van der Waals surface area contributed by atoms with Gasteiger partial charge in [0.2, 0.25) is 5.82 Å². The van der Waals surface area contributed by atoms with Crippen LogP contribution >= 0.6 is 11.6 Å². The molecular weight excluding hydrogens is 512 g/mol. The van der Waals surface area contributed by atoms with Crippen LogP contribution in [0, 0.1) is 5.82 Å². The van der Waals surface area contributed by atoms with E-state index in [2.05, 4.69) is 20.2 Å². The molecule has 3 N–H and O–H groups in total. The maximum Gasteiger partial charge on any atom is 0.416 e. The number of pyridine rings is 1. The molecule has 0 saturated heterocycles. The molecule has 3 heterocycles. The molecule has 0 aliphatic heterocycles. The van der Waals surface area contributed by atoms with E-state index in [-0.39, 0.29) is 22.9 Å². The topological polar surface area (TPSA) is 147 Å². The number of carbonyl (C=O) groups is 1. The van der Waals surface area contributed by atoms with E-state index in [4.69, 9.17) is 17.3 Å². The Morgan fingerprint density at radius 2 is 1.86 bits per heavy atom. The van der Waals surface area contributed by atoms with Crippen LogP contribution < -0.4 is 11.4 Å². The van der Waals surface area contributed by atoms with Gasteiger partial charge in [-0.15, -0.1) is 10.2 Å². The lowest BCUT2D eigenvalue weighted by Crippen LogP contribution is -2.37. The average molecular weight is 527 g/mol. The molecule has 0 saturated carbocycles. The van der Waals surface area contributed by atoms with Gasteiger partial charge in [0.1, 0.15) is 12.2 Å². The van der Waals surface area contributed by atoms with E-state index in [1.54, 1.807) is 0 Å². The smallest absolute Gasteiger partial charge is 0.382 e. The number of rotatable bonds is 7. The standard InChI is InChI=1S/C20H15ClF4N8O3/c21-11-3-1-10(2-4-11)17-30-32(19(36)31(17)8-14(34)20(23,24)25)9-15-28-18(16(26)35)33(29-15)13-5-6-27-7-12(13)22/h1-7,14,34H,8-9H2,(H2,26,35)/t14-/m0/s1. The number of benzene rings is 1. The third kappa shape index (κ3) is 4.96. The molecule has 1 amide bonds. The molecule has 0 aliphatic rings. The third-order valence-electron chi connectivity index (χ3n) is 4.90. The van der Waals surface area contributed by atoms with Crippen LogP contribution in [-0.2, 0) is 13.1 Å². The number of aliphatic hydroxyl groups excluding tert-OH is 1. The van der Waals surface area contributed by atoms with Gasteiger partial charge in [0.05, 0.1) is 12.7 Å². The molecule has 3 aromatic heterocycles. The first-order valence-corrected chi connectivity index (χ1v) is 10.4. The second kappa shape index (κ2) is 9.50. The van der Waals surface area contributed by atoms with Crippen molar-refractivity contribution in [3.05, 3.63) is 75.7 Å². The fourth-order valence-electron chi connectivity index (χ4n) is 3.22. The Kier molecular flexibility index (Phi) is 6.60. The fraction of sp³-hybridized carbons (Fsp3) is 0.200. The number of nitrogens with zero attached hydrogens (tertiary/aromatic N) is 7. The SMILES string of the molecule is NC(=O)c1nc(Cn2nc(-c3ccc(Cl)cc3)n(C[C@H](O)C(F)(F)F)c2=O)nn1-c1ccncc1F. The highest BCUT2D eigenvalue weighted by atomic mass is 35.5. The minimum atomic E-state index is -5.00. The average Bonchev–Trinajstić information content (AvgIpc) is 3.36. The van der Waals surface area contributed by atoms with Crippen LogP contribution in [0.25, 0.3) is 17.1 Å². The number of hydrogen-bond donors (Lipinski definition) is 2. The van der Waals surface area contributed by atoms with E-state index in [9.17, 15) is 32.3 Å². The monoisotopic (exact) mass is 526 g/mol. The van der Waals surface area contributed by atoms with Crippen LogP contribution in [0.15, 0.2) is 47.5 Å². The van der Waals surface area contributed by atoms with Gasteiger partial charge in [-0.1, -0.05) is 11.6 Å². The Labute approximate surface area is 203 Å². The van der Waals surface area contributed by atoms with Crippen LogP contribution in [0.5, 0.6) is 0 Å². The van der Waals surface area contributed by atoms with Crippen molar-refractivity contribution in [2.45, 2.75) is 25.4 Å². The molecule has 0 aliphatic carbocycles. The summed E-state index contributed by atoms with van der Waals surface area (Å²) in [6.45, 7) is -1.66. The number of halogens is 5. The molecule has 11 nitrogen and oxygen atoms in total. The van der Waals surface area contributed by atoms with Crippen molar-refractivity contribution in [2.75, 3.05) is 0 Å². The predicted octanol–water partition coefficient (Wildman–Crippen LogP) is 1.55. The van der Waals surface area contributed by atoms with Gasteiger partial charge in [-0.2, -0.15) is 13.2 Å². The maximum absolute atomic E-state index is 14.2. The molecule has 0 unspecified atom stereocenters. The quantitative estimate of drug-likeness (QED) is 0.347. The third-order valence-corrected chi connectivity index (χ3v) is 5.15. The Morgan fingerprint density at radius 1 is 1.17 bits per heavy atom. The van der Waals surface area contributed by atoms with Crippen LogP contribution in [-0.4, -0.2) is 57.4 Å². The van der Waals surface area contributed by atoms with Gasteiger partial charge in [0.25, 0.3) is 5.91 Å². The van der Waals surface area contributed by atoms with Crippen LogP contribution in [0.1, 0.15) is 16.4 Å². The number of alkyl halides is 3. The largest absolute Gasteiger partial charge is 0.416 e. The summed E-state index contributed by atoms with van der Waals surface area (Å²) < 4.78 is 55.4. The van der Waals surface area contributed by atoms with E-state index in [0.29, 0.717) is 9.59 Å². The van der Waals surface area contributed by atoms with E-state index < -0.39 is 48.6 Å². The summed E-state index contributed by atoms with van der Waals surface area (Å²) in [4.78, 5) is 32.4. The Bertz CT molecular complexity index is 1480. The Balaban J connectivity index is 1.78. The van der Waals surface area contributed by atoms with Gasteiger partial charge in [0.15, 0.2) is 23.6 Å². The number of carbonyl (C=O) groups excluding carboxylic acids is 1. The van der Waals surface area contributed by atoms with E-state index in [1.807, 2.05) is 0 Å². The maximum atomic E-state index is 14.2.